The molecule has 2 aromatic rings. The topological polar surface area (TPSA) is 77.1 Å². The summed E-state index contributed by atoms with van der Waals surface area (Å²) in [6.07, 6.45) is 3.48. The first kappa shape index (κ1) is 19.6. The fourth-order valence-corrected chi connectivity index (χ4v) is 4.88. The molecule has 0 saturated carbocycles. The number of methoxy groups -OCH3 is 2. The number of carbonyl (C=O) groups excluding carboxylic acids is 2. The Labute approximate surface area is 180 Å². The number of rotatable bonds is 6. The van der Waals surface area contributed by atoms with Gasteiger partial charge in [-0.1, -0.05) is 30.4 Å². The van der Waals surface area contributed by atoms with Crippen LogP contribution < -0.4 is 19.7 Å². The lowest BCUT2D eigenvalue weighted by molar-refractivity contribution is -0.132. The highest BCUT2D eigenvalue weighted by atomic mass is 16.5. The van der Waals surface area contributed by atoms with Crippen LogP contribution in [0.1, 0.15) is 5.56 Å². The van der Waals surface area contributed by atoms with Crippen molar-refractivity contribution in [3.63, 3.8) is 0 Å². The molecule has 2 unspecified atom stereocenters. The number of anilines is 1. The molecule has 3 aliphatic rings. The van der Waals surface area contributed by atoms with Crippen molar-refractivity contribution < 1.29 is 23.8 Å². The van der Waals surface area contributed by atoms with Crippen molar-refractivity contribution in [3.8, 4) is 11.5 Å². The molecule has 2 saturated heterocycles. The van der Waals surface area contributed by atoms with Gasteiger partial charge in [-0.3, -0.25) is 9.59 Å². The SMILES string of the molecule is COc1cccc(CNC(=O)C2C3C(=O)N(c4cccc(OC)c4)C[C@@]34C=C[C@H]2O4)c1. The minimum atomic E-state index is -0.761. The van der Waals surface area contributed by atoms with Gasteiger partial charge in [0.1, 0.15) is 17.1 Å². The van der Waals surface area contributed by atoms with E-state index in [1.165, 1.54) is 0 Å². The molecule has 7 nitrogen and oxygen atoms in total. The Kier molecular flexibility index (Phi) is 4.70. The molecule has 2 aromatic carbocycles. The van der Waals surface area contributed by atoms with Crippen molar-refractivity contribution in [2.75, 3.05) is 25.7 Å². The van der Waals surface area contributed by atoms with Gasteiger partial charge in [0, 0.05) is 18.3 Å². The molecule has 3 aliphatic heterocycles. The zero-order valence-corrected chi connectivity index (χ0v) is 17.4. The van der Waals surface area contributed by atoms with E-state index < -0.39 is 17.4 Å². The van der Waals surface area contributed by atoms with Gasteiger partial charge in [-0.05, 0) is 29.8 Å². The first-order valence-electron chi connectivity index (χ1n) is 10.3. The second-order valence-electron chi connectivity index (χ2n) is 8.10. The number of nitrogens with one attached hydrogen (secondary N) is 1. The second-order valence-corrected chi connectivity index (χ2v) is 8.10. The molecule has 2 bridgehead atoms. The van der Waals surface area contributed by atoms with Gasteiger partial charge in [0.05, 0.1) is 38.7 Å². The minimum Gasteiger partial charge on any atom is -0.497 e. The van der Waals surface area contributed by atoms with Gasteiger partial charge in [-0.15, -0.1) is 0 Å². The van der Waals surface area contributed by atoms with Gasteiger partial charge in [0.2, 0.25) is 11.8 Å². The summed E-state index contributed by atoms with van der Waals surface area (Å²) in [5.74, 6) is 0.0363. The number of hydrogen-bond donors (Lipinski definition) is 1. The fraction of sp³-hybridized carbons (Fsp3) is 0.333. The van der Waals surface area contributed by atoms with Crippen LogP contribution in [0, 0.1) is 11.8 Å². The van der Waals surface area contributed by atoms with E-state index in [0.29, 0.717) is 18.8 Å². The van der Waals surface area contributed by atoms with Crippen molar-refractivity contribution in [2.24, 2.45) is 11.8 Å². The van der Waals surface area contributed by atoms with Gasteiger partial charge in [-0.25, -0.2) is 0 Å². The van der Waals surface area contributed by atoms with Crippen LogP contribution in [0.2, 0.25) is 0 Å². The molecule has 0 radical (unpaired) electrons. The molecule has 0 aliphatic carbocycles. The molecule has 3 heterocycles. The van der Waals surface area contributed by atoms with Crippen LogP contribution in [0.25, 0.3) is 0 Å². The highest BCUT2D eigenvalue weighted by Gasteiger charge is 2.67. The predicted octanol–water partition coefficient (Wildman–Crippen LogP) is 2.31. The van der Waals surface area contributed by atoms with E-state index in [0.717, 1.165) is 17.0 Å². The fourth-order valence-electron chi connectivity index (χ4n) is 4.88. The third-order valence-electron chi connectivity index (χ3n) is 6.37. The largest absolute Gasteiger partial charge is 0.497 e. The van der Waals surface area contributed by atoms with E-state index in [1.54, 1.807) is 19.1 Å². The summed E-state index contributed by atoms with van der Waals surface area (Å²) in [6, 6.07) is 14.9. The summed E-state index contributed by atoms with van der Waals surface area (Å²) < 4.78 is 16.7. The lowest BCUT2D eigenvalue weighted by Crippen LogP contribution is -2.43. The average Bonchev–Trinajstić information content (AvgIpc) is 3.46. The summed E-state index contributed by atoms with van der Waals surface area (Å²) in [5.41, 5.74) is 0.907. The van der Waals surface area contributed by atoms with Crippen LogP contribution in [-0.4, -0.2) is 44.3 Å². The monoisotopic (exact) mass is 420 g/mol. The Hall–Kier alpha value is -3.32. The minimum absolute atomic E-state index is 0.0957. The van der Waals surface area contributed by atoms with Crippen LogP contribution in [0.15, 0.2) is 60.7 Å². The van der Waals surface area contributed by atoms with E-state index in [-0.39, 0.29) is 17.9 Å². The number of hydrogen-bond acceptors (Lipinski definition) is 5. The third kappa shape index (κ3) is 3.16. The van der Waals surface area contributed by atoms with Crippen LogP contribution >= 0.6 is 0 Å². The molecule has 31 heavy (non-hydrogen) atoms. The molecular formula is C24H24N2O5. The number of fused-ring (bicyclic) bond motifs is 1. The molecular weight excluding hydrogens is 396 g/mol. The zero-order valence-electron chi connectivity index (χ0n) is 17.4. The lowest BCUT2D eigenvalue weighted by Gasteiger charge is -2.23. The molecule has 7 heteroatoms. The van der Waals surface area contributed by atoms with Gasteiger partial charge >= 0.3 is 0 Å². The van der Waals surface area contributed by atoms with E-state index >= 15 is 0 Å². The van der Waals surface area contributed by atoms with Crippen molar-refractivity contribution >= 4 is 17.5 Å². The number of ether oxygens (including phenoxy) is 3. The Balaban J connectivity index is 1.36. The predicted molar refractivity (Wildman–Crippen MR) is 114 cm³/mol. The number of carbonyl (C=O) groups is 2. The van der Waals surface area contributed by atoms with E-state index in [9.17, 15) is 9.59 Å². The zero-order chi connectivity index (χ0) is 21.6. The standard InChI is InChI=1S/C24H24N2O5/c1-29-17-7-3-5-15(11-17)13-25-22(27)20-19-9-10-24(31-19)14-26(23(28)21(20)24)16-6-4-8-18(12-16)30-2/h3-12,19-21H,13-14H2,1-2H3,(H,25,27)/t19-,20?,21?,24+/m1/s1. The first-order chi connectivity index (χ1) is 15.0. The van der Waals surface area contributed by atoms with Crippen molar-refractivity contribution in [3.05, 3.63) is 66.2 Å². The van der Waals surface area contributed by atoms with Gasteiger partial charge in [0.25, 0.3) is 0 Å². The number of benzene rings is 2. The lowest BCUT2D eigenvalue weighted by atomic mass is 9.77. The maximum atomic E-state index is 13.4. The summed E-state index contributed by atoms with van der Waals surface area (Å²) in [7, 11) is 3.20. The Morgan fingerprint density at radius 3 is 2.68 bits per heavy atom. The van der Waals surface area contributed by atoms with E-state index in [2.05, 4.69) is 5.32 Å². The third-order valence-corrected chi connectivity index (χ3v) is 6.37. The Bertz CT molecular complexity index is 1070. The normalized spacial score (nSPS) is 28.0. The first-order valence-corrected chi connectivity index (χ1v) is 10.3. The van der Waals surface area contributed by atoms with E-state index in [4.69, 9.17) is 14.2 Å². The van der Waals surface area contributed by atoms with Crippen LogP contribution in [-0.2, 0) is 20.9 Å². The van der Waals surface area contributed by atoms with Crippen LogP contribution in [0.5, 0.6) is 11.5 Å². The molecule has 2 amide bonds. The smallest absolute Gasteiger partial charge is 0.234 e. The maximum Gasteiger partial charge on any atom is 0.234 e. The Morgan fingerprint density at radius 2 is 1.90 bits per heavy atom. The van der Waals surface area contributed by atoms with Crippen molar-refractivity contribution in [1.29, 1.82) is 0 Å². The molecule has 2 fully saturated rings. The second kappa shape index (κ2) is 7.42. The highest BCUT2D eigenvalue weighted by molar-refractivity contribution is 6.03. The Morgan fingerprint density at radius 1 is 1.16 bits per heavy atom. The molecule has 160 valence electrons. The summed E-state index contributed by atoms with van der Waals surface area (Å²) >= 11 is 0. The molecule has 0 aromatic heterocycles. The maximum absolute atomic E-state index is 13.4. The summed E-state index contributed by atoms with van der Waals surface area (Å²) in [5, 5.41) is 2.98. The molecule has 4 atom stereocenters. The van der Waals surface area contributed by atoms with Gasteiger partial charge < -0.3 is 24.4 Å². The van der Waals surface area contributed by atoms with Gasteiger partial charge in [-0.2, -0.15) is 0 Å². The van der Waals surface area contributed by atoms with Gasteiger partial charge in [0.15, 0.2) is 0 Å². The van der Waals surface area contributed by atoms with Crippen molar-refractivity contribution in [2.45, 2.75) is 18.2 Å². The number of nitrogens with zero attached hydrogens (tertiary/aromatic N) is 1. The summed E-state index contributed by atoms with van der Waals surface area (Å²) in [4.78, 5) is 28.3. The van der Waals surface area contributed by atoms with Crippen LogP contribution in [0.4, 0.5) is 5.69 Å². The van der Waals surface area contributed by atoms with E-state index in [1.807, 2.05) is 60.7 Å². The quantitative estimate of drug-likeness (QED) is 0.726. The number of amides is 2. The summed E-state index contributed by atoms with van der Waals surface area (Å²) in [6.45, 7) is 0.743. The average molecular weight is 420 g/mol. The molecule has 5 rings (SSSR count). The van der Waals surface area contributed by atoms with Crippen LogP contribution in [0.3, 0.4) is 0 Å². The van der Waals surface area contributed by atoms with Crippen molar-refractivity contribution in [1.82, 2.24) is 5.32 Å². The molecule has 1 N–H and O–H groups in total. The highest BCUT2D eigenvalue weighted by Crippen LogP contribution is 2.52. The molecule has 1 spiro atoms.